The Balaban J connectivity index is 1.72. The van der Waals surface area contributed by atoms with Crippen molar-refractivity contribution in [2.75, 3.05) is 18.0 Å². The number of hydrogen-bond donors (Lipinski definition) is 2. The second-order valence-corrected chi connectivity index (χ2v) is 6.14. The van der Waals surface area contributed by atoms with Crippen LogP contribution in [0.1, 0.15) is 19.3 Å². The van der Waals surface area contributed by atoms with Crippen LogP contribution in [0, 0.1) is 11.7 Å². The Kier molecular flexibility index (Phi) is 4.12. The average Bonchev–Trinajstić information content (AvgIpc) is 2.83. The highest BCUT2D eigenvalue weighted by Gasteiger charge is 2.46. The predicted molar refractivity (Wildman–Crippen MR) is 79.9 cm³/mol. The molecule has 3 amide bonds. The number of primary amides is 1. The Morgan fingerprint density at radius 3 is 2.35 bits per heavy atom. The van der Waals surface area contributed by atoms with Crippen LogP contribution in [0.4, 0.5) is 10.1 Å². The van der Waals surface area contributed by atoms with Gasteiger partial charge in [0.15, 0.2) is 6.04 Å². The van der Waals surface area contributed by atoms with Gasteiger partial charge in [-0.25, -0.2) is 9.29 Å². The van der Waals surface area contributed by atoms with Gasteiger partial charge in [-0.1, -0.05) is 0 Å². The lowest BCUT2D eigenvalue weighted by Crippen LogP contribution is -3.17. The number of quaternary nitrogens is 1. The first kappa shape index (κ1) is 15.6. The number of nitrogens with zero attached hydrogens (tertiary/aromatic N) is 1. The molecular formula is C16H19FN3O3+. The third kappa shape index (κ3) is 2.96. The van der Waals surface area contributed by atoms with E-state index in [4.69, 9.17) is 5.73 Å². The number of benzene rings is 1. The van der Waals surface area contributed by atoms with Crippen molar-refractivity contribution < 1.29 is 23.7 Å². The molecule has 2 aliphatic rings. The molecule has 1 aromatic rings. The molecule has 0 bridgehead atoms. The second-order valence-electron chi connectivity index (χ2n) is 6.14. The van der Waals surface area contributed by atoms with Gasteiger partial charge in [0.2, 0.25) is 11.8 Å². The molecule has 23 heavy (non-hydrogen) atoms. The van der Waals surface area contributed by atoms with Crippen molar-refractivity contribution in [1.82, 2.24) is 0 Å². The zero-order valence-electron chi connectivity index (χ0n) is 12.6. The molecule has 6 nitrogen and oxygen atoms in total. The average molecular weight is 320 g/mol. The van der Waals surface area contributed by atoms with E-state index in [1.165, 1.54) is 24.3 Å². The molecule has 2 aliphatic heterocycles. The van der Waals surface area contributed by atoms with E-state index >= 15 is 0 Å². The standard InChI is InChI=1S/C16H18FN3O3/c17-11-1-3-12(4-2-11)20-14(21)9-13(16(20)23)19-7-5-10(6-8-19)15(18)22/h1-4,10,13H,5-9H2,(H2,18,22)/p+1/t13-/m1/s1. The molecule has 0 radical (unpaired) electrons. The number of hydrogen-bond acceptors (Lipinski definition) is 3. The Labute approximate surface area is 133 Å². The highest BCUT2D eigenvalue weighted by atomic mass is 19.1. The van der Waals surface area contributed by atoms with Gasteiger partial charge in [0, 0.05) is 18.8 Å². The van der Waals surface area contributed by atoms with Gasteiger partial charge in [-0.3, -0.25) is 14.4 Å². The number of likely N-dealkylation sites (tertiary alicyclic amines) is 1. The number of halogens is 1. The number of imide groups is 1. The Hall–Kier alpha value is -2.28. The summed E-state index contributed by atoms with van der Waals surface area (Å²) in [5, 5.41) is 0. The van der Waals surface area contributed by atoms with Crippen molar-refractivity contribution in [1.29, 1.82) is 0 Å². The normalized spacial score (nSPS) is 28.2. The van der Waals surface area contributed by atoms with Gasteiger partial charge in [-0.05, 0) is 24.3 Å². The number of piperidine rings is 1. The van der Waals surface area contributed by atoms with Gasteiger partial charge in [-0.15, -0.1) is 0 Å². The molecule has 7 heteroatoms. The molecule has 2 saturated heterocycles. The maximum atomic E-state index is 13.0. The van der Waals surface area contributed by atoms with E-state index in [2.05, 4.69) is 0 Å². The third-order valence-corrected chi connectivity index (χ3v) is 4.75. The van der Waals surface area contributed by atoms with Crippen LogP contribution in [0.3, 0.4) is 0 Å². The Morgan fingerprint density at radius 1 is 1.17 bits per heavy atom. The van der Waals surface area contributed by atoms with Crippen molar-refractivity contribution >= 4 is 23.4 Å². The molecule has 3 N–H and O–H groups in total. The first-order chi connectivity index (χ1) is 11.0. The molecule has 0 aliphatic carbocycles. The summed E-state index contributed by atoms with van der Waals surface area (Å²) in [7, 11) is 0. The van der Waals surface area contributed by atoms with Crippen LogP contribution >= 0.6 is 0 Å². The van der Waals surface area contributed by atoms with Crippen molar-refractivity contribution in [3.05, 3.63) is 30.1 Å². The van der Waals surface area contributed by atoms with E-state index in [0.717, 1.165) is 9.80 Å². The van der Waals surface area contributed by atoms with Gasteiger partial charge in [0.05, 0.1) is 25.2 Å². The highest BCUT2D eigenvalue weighted by Crippen LogP contribution is 2.22. The van der Waals surface area contributed by atoms with Crippen LogP contribution in [0.2, 0.25) is 0 Å². The number of rotatable bonds is 3. The molecule has 1 atom stereocenters. The number of anilines is 1. The quantitative estimate of drug-likeness (QED) is 0.718. The molecule has 2 heterocycles. The van der Waals surface area contributed by atoms with Gasteiger partial charge >= 0.3 is 0 Å². The fraction of sp³-hybridized carbons (Fsp3) is 0.438. The van der Waals surface area contributed by atoms with Crippen LogP contribution < -0.4 is 15.5 Å². The monoisotopic (exact) mass is 320 g/mol. The minimum Gasteiger partial charge on any atom is -0.369 e. The summed E-state index contributed by atoms with van der Waals surface area (Å²) in [4.78, 5) is 38.2. The van der Waals surface area contributed by atoms with E-state index in [0.29, 0.717) is 31.6 Å². The molecule has 0 saturated carbocycles. The number of nitrogens with two attached hydrogens (primary N) is 1. The van der Waals surface area contributed by atoms with Crippen LogP contribution in [0.15, 0.2) is 24.3 Å². The van der Waals surface area contributed by atoms with E-state index in [1.807, 2.05) is 0 Å². The summed E-state index contributed by atoms with van der Waals surface area (Å²) in [6.07, 6.45) is 1.42. The lowest BCUT2D eigenvalue weighted by Gasteiger charge is -2.30. The maximum absolute atomic E-state index is 13.0. The van der Waals surface area contributed by atoms with Gasteiger partial charge in [0.25, 0.3) is 5.91 Å². The van der Waals surface area contributed by atoms with Crippen LogP contribution in [0.5, 0.6) is 0 Å². The number of nitrogens with one attached hydrogen (secondary N) is 1. The van der Waals surface area contributed by atoms with Gasteiger partial charge in [-0.2, -0.15) is 0 Å². The fourth-order valence-corrected chi connectivity index (χ4v) is 3.43. The summed E-state index contributed by atoms with van der Waals surface area (Å²) >= 11 is 0. The SMILES string of the molecule is NC(=O)C1CC[NH+]([C@@H]2CC(=O)N(c3ccc(F)cc3)C2=O)CC1. The largest absolute Gasteiger partial charge is 0.369 e. The van der Waals surface area contributed by atoms with E-state index in [1.54, 1.807) is 0 Å². The maximum Gasteiger partial charge on any atom is 0.292 e. The zero-order chi connectivity index (χ0) is 16.6. The van der Waals surface area contributed by atoms with E-state index in [9.17, 15) is 18.8 Å². The number of amides is 3. The third-order valence-electron chi connectivity index (χ3n) is 4.75. The first-order valence-electron chi connectivity index (χ1n) is 7.73. The molecular weight excluding hydrogens is 301 g/mol. The van der Waals surface area contributed by atoms with Crippen molar-refractivity contribution in [3.8, 4) is 0 Å². The van der Waals surface area contributed by atoms with Crippen molar-refractivity contribution in [3.63, 3.8) is 0 Å². The van der Waals surface area contributed by atoms with E-state index in [-0.39, 0.29) is 30.1 Å². The molecule has 2 fully saturated rings. The highest BCUT2D eigenvalue weighted by molar-refractivity contribution is 6.21. The molecule has 0 spiro atoms. The van der Waals surface area contributed by atoms with Crippen molar-refractivity contribution in [2.24, 2.45) is 11.7 Å². The van der Waals surface area contributed by atoms with Crippen molar-refractivity contribution in [2.45, 2.75) is 25.3 Å². The summed E-state index contributed by atoms with van der Waals surface area (Å²) in [6, 6.07) is 4.90. The first-order valence-corrected chi connectivity index (χ1v) is 7.73. The predicted octanol–water partition coefficient (Wildman–Crippen LogP) is -0.762. The lowest BCUT2D eigenvalue weighted by molar-refractivity contribution is -0.920. The smallest absolute Gasteiger partial charge is 0.292 e. The lowest BCUT2D eigenvalue weighted by atomic mass is 9.95. The van der Waals surface area contributed by atoms with Crippen LogP contribution in [-0.2, 0) is 14.4 Å². The zero-order valence-corrected chi connectivity index (χ0v) is 12.6. The minimum atomic E-state index is -0.429. The number of carbonyl (C=O) groups excluding carboxylic acids is 3. The Bertz CT molecular complexity index is 638. The molecule has 0 aromatic heterocycles. The topological polar surface area (TPSA) is 84.9 Å². The minimum absolute atomic E-state index is 0.140. The number of carbonyl (C=O) groups is 3. The van der Waals surface area contributed by atoms with E-state index < -0.39 is 11.9 Å². The van der Waals surface area contributed by atoms with Crippen LogP contribution in [0.25, 0.3) is 0 Å². The summed E-state index contributed by atoms with van der Waals surface area (Å²) in [5.41, 5.74) is 5.72. The van der Waals surface area contributed by atoms with Gasteiger partial charge in [0.1, 0.15) is 5.82 Å². The van der Waals surface area contributed by atoms with Crippen LogP contribution in [-0.4, -0.2) is 36.9 Å². The summed E-state index contributed by atoms with van der Waals surface area (Å²) in [5.74, 6) is -1.38. The molecule has 3 rings (SSSR count). The molecule has 0 unspecified atom stereocenters. The molecule has 122 valence electrons. The summed E-state index contributed by atoms with van der Waals surface area (Å²) in [6.45, 7) is 1.29. The van der Waals surface area contributed by atoms with Gasteiger partial charge < -0.3 is 10.6 Å². The second kappa shape index (κ2) is 6.08. The fourth-order valence-electron chi connectivity index (χ4n) is 3.43. The Morgan fingerprint density at radius 2 is 1.78 bits per heavy atom. The molecule has 1 aromatic carbocycles. The summed E-state index contributed by atoms with van der Waals surface area (Å²) < 4.78 is 13.0.